The molecule has 104 valence electrons. The van der Waals surface area contributed by atoms with E-state index in [9.17, 15) is 9.90 Å². The minimum atomic E-state index is -0.627. The number of aromatic nitrogens is 1. The van der Waals surface area contributed by atoms with Crippen LogP contribution in [-0.4, -0.2) is 42.4 Å². The SMILES string of the molecule is COC(=O)c1ccnc(N(C)CC2(O)CCCC2)c1. The number of likely N-dealkylation sites (N-methyl/N-ethyl adjacent to an activating group) is 1. The second-order valence-corrected chi connectivity index (χ2v) is 5.18. The first-order valence-electron chi connectivity index (χ1n) is 6.52. The van der Waals surface area contributed by atoms with Gasteiger partial charge in [0.15, 0.2) is 0 Å². The lowest BCUT2D eigenvalue weighted by atomic mass is 10.0. The fourth-order valence-electron chi connectivity index (χ4n) is 2.59. The topological polar surface area (TPSA) is 62.7 Å². The van der Waals surface area contributed by atoms with Gasteiger partial charge in [0.1, 0.15) is 5.82 Å². The van der Waals surface area contributed by atoms with E-state index in [1.165, 1.54) is 7.11 Å². The lowest BCUT2D eigenvalue weighted by molar-refractivity contribution is 0.0558. The van der Waals surface area contributed by atoms with Gasteiger partial charge in [0.05, 0.1) is 18.3 Å². The average Bonchev–Trinajstić information content (AvgIpc) is 2.84. The number of carbonyl (C=O) groups is 1. The van der Waals surface area contributed by atoms with Crippen LogP contribution in [-0.2, 0) is 4.74 Å². The molecule has 2 rings (SSSR count). The van der Waals surface area contributed by atoms with Gasteiger partial charge in [-0.15, -0.1) is 0 Å². The van der Waals surface area contributed by atoms with E-state index in [1.54, 1.807) is 18.3 Å². The van der Waals surface area contributed by atoms with Crippen molar-refractivity contribution in [2.24, 2.45) is 0 Å². The zero-order chi connectivity index (χ0) is 13.9. The van der Waals surface area contributed by atoms with Crippen LogP contribution in [0.4, 0.5) is 5.82 Å². The van der Waals surface area contributed by atoms with Crippen LogP contribution < -0.4 is 4.90 Å². The highest BCUT2D eigenvalue weighted by Crippen LogP contribution is 2.30. The number of hydrogen-bond donors (Lipinski definition) is 1. The van der Waals surface area contributed by atoms with Gasteiger partial charge in [-0.05, 0) is 25.0 Å². The zero-order valence-electron chi connectivity index (χ0n) is 11.4. The van der Waals surface area contributed by atoms with Gasteiger partial charge in [-0.2, -0.15) is 0 Å². The number of nitrogens with zero attached hydrogens (tertiary/aromatic N) is 2. The van der Waals surface area contributed by atoms with Crippen LogP contribution >= 0.6 is 0 Å². The molecule has 5 nitrogen and oxygen atoms in total. The Bertz CT molecular complexity index is 456. The van der Waals surface area contributed by atoms with Crippen molar-refractivity contribution in [2.45, 2.75) is 31.3 Å². The molecule has 1 aromatic heterocycles. The van der Waals surface area contributed by atoms with E-state index in [2.05, 4.69) is 9.72 Å². The first-order valence-corrected chi connectivity index (χ1v) is 6.52. The summed E-state index contributed by atoms with van der Waals surface area (Å²) in [4.78, 5) is 17.6. The Labute approximate surface area is 113 Å². The normalized spacial score (nSPS) is 17.2. The highest BCUT2D eigenvalue weighted by Gasteiger charge is 2.32. The molecule has 1 N–H and O–H groups in total. The quantitative estimate of drug-likeness (QED) is 0.837. The van der Waals surface area contributed by atoms with Gasteiger partial charge in [0, 0.05) is 19.8 Å². The highest BCUT2D eigenvalue weighted by atomic mass is 16.5. The minimum Gasteiger partial charge on any atom is -0.465 e. The molecule has 0 atom stereocenters. The van der Waals surface area contributed by atoms with E-state index in [0.29, 0.717) is 17.9 Å². The van der Waals surface area contributed by atoms with Crippen LogP contribution in [0.25, 0.3) is 0 Å². The molecule has 19 heavy (non-hydrogen) atoms. The van der Waals surface area contributed by atoms with E-state index in [4.69, 9.17) is 0 Å². The van der Waals surface area contributed by atoms with E-state index in [1.807, 2.05) is 11.9 Å². The molecule has 1 saturated carbocycles. The van der Waals surface area contributed by atoms with Gasteiger partial charge in [-0.3, -0.25) is 0 Å². The first kappa shape index (κ1) is 13.8. The number of rotatable bonds is 4. The Balaban J connectivity index is 2.10. The summed E-state index contributed by atoms with van der Waals surface area (Å²) in [6, 6.07) is 3.30. The minimum absolute atomic E-state index is 0.378. The van der Waals surface area contributed by atoms with Crippen molar-refractivity contribution in [2.75, 3.05) is 25.6 Å². The first-order chi connectivity index (χ1) is 9.04. The molecule has 0 aliphatic heterocycles. The summed E-state index contributed by atoms with van der Waals surface area (Å²) in [5.41, 5.74) is -0.157. The molecule has 5 heteroatoms. The third-order valence-corrected chi connectivity index (χ3v) is 3.62. The summed E-state index contributed by atoms with van der Waals surface area (Å²) in [5.74, 6) is 0.292. The lowest BCUT2D eigenvalue weighted by Gasteiger charge is -2.29. The summed E-state index contributed by atoms with van der Waals surface area (Å²) < 4.78 is 4.69. The van der Waals surface area contributed by atoms with Crippen molar-refractivity contribution in [1.82, 2.24) is 4.98 Å². The molecule has 0 bridgehead atoms. The summed E-state index contributed by atoms with van der Waals surface area (Å²) in [5, 5.41) is 10.4. The Morgan fingerprint density at radius 1 is 1.53 bits per heavy atom. The van der Waals surface area contributed by atoms with Gasteiger partial charge < -0.3 is 14.7 Å². The van der Waals surface area contributed by atoms with Crippen LogP contribution in [0.2, 0.25) is 0 Å². The molecule has 1 fully saturated rings. The molecule has 1 aliphatic rings. The maximum atomic E-state index is 11.5. The summed E-state index contributed by atoms with van der Waals surface area (Å²) in [7, 11) is 3.23. The standard InChI is InChI=1S/C14H20N2O3/c1-16(10-14(18)6-3-4-7-14)12-9-11(5-8-15-12)13(17)19-2/h5,8-9,18H,3-4,6-7,10H2,1-2H3. The zero-order valence-corrected chi connectivity index (χ0v) is 11.4. The number of hydrogen-bond acceptors (Lipinski definition) is 5. The maximum absolute atomic E-state index is 11.5. The molecule has 1 heterocycles. The molecule has 0 unspecified atom stereocenters. The van der Waals surface area contributed by atoms with Gasteiger partial charge >= 0.3 is 5.97 Å². The van der Waals surface area contributed by atoms with Crippen LogP contribution in [0.5, 0.6) is 0 Å². The molecule has 0 aromatic carbocycles. The monoisotopic (exact) mass is 264 g/mol. The summed E-state index contributed by atoms with van der Waals surface area (Å²) in [6.07, 6.45) is 5.37. The van der Waals surface area contributed by atoms with E-state index < -0.39 is 5.60 Å². The van der Waals surface area contributed by atoms with E-state index in [-0.39, 0.29) is 5.97 Å². The van der Waals surface area contributed by atoms with Crippen molar-refractivity contribution in [3.05, 3.63) is 23.9 Å². The molecule has 0 saturated heterocycles. The average molecular weight is 264 g/mol. The van der Waals surface area contributed by atoms with Gasteiger partial charge in [0.2, 0.25) is 0 Å². The maximum Gasteiger partial charge on any atom is 0.338 e. The molecular formula is C14H20N2O3. The predicted molar refractivity (Wildman–Crippen MR) is 72.3 cm³/mol. The molecule has 1 aromatic rings. The van der Waals surface area contributed by atoms with Crippen molar-refractivity contribution >= 4 is 11.8 Å². The van der Waals surface area contributed by atoms with Crippen LogP contribution in [0, 0.1) is 0 Å². The molecule has 0 radical (unpaired) electrons. The number of carbonyl (C=O) groups excluding carboxylic acids is 1. The molecule has 1 aliphatic carbocycles. The number of aliphatic hydroxyl groups is 1. The number of esters is 1. The second kappa shape index (κ2) is 5.57. The lowest BCUT2D eigenvalue weighted by Crippen LogP contribution is -2.39. The number of pyridine rings is 1. The summed E-state index contributed by atoms with van der Waals surface area (Å²) in [6.45, 7) is 0.532. The summed E-state index contributed by atoms with van der Waals surface area (Å²) >= 11 is 0. The third-order valence-electron chi connectivity index (χ3n) is 3.62. The van der Waals surface area contributed by atoms with Crippen LogP contribution in [0.3, 0.4) is 0 Å². The van der Waals surface area contributed by atoms with Crippen molar-refractivity contribution in [3.63, 3.8) is 0 Å². The van der Waals surface area contributed by atoms with Crippen LogP contribution in [0.15, 0.2) is 18.3 Å². The Hall–Kier alpha value is -1.62. The predicted octanol–water partition coefficient (Wildman–Crippen LogP) is 1.61. The highest BCUT2D eigenvalue weighted by molar-refractivity contribution is 5.90. The number of anilines is 1. The van der Waals surface area contributed by atoms with Gasteiger partial charge in [0.25, 0.3) is 0 Å². The van der Waals surface area contributed by atoms with Crippen molar-refractivity contribution in [3.8, 4) is 0 Å². The molecule has 0 spiro atoms. The Morgan fingerprint density at radius 3 is 2.84 bits per heavy atom. The third kappa shape index (κ3) is 3.23. The van der Waals surface area contributed by atoms with E-state index >= 15 is 0 Å². The smallest absolute Gasteiger partial charge is 0.338 e. The van der Waals surface area contributed by atoms with Crippen LogP contribution in [0.1, 0.15) is 36.0 Å². The van der Waals surface area contributed by atoms with Crippen molar-refractivity contribution in [1.29, 1.82) is 0 Å². The Kier molecular flexibility index (Phi) is 4.04. The van der Waals surface area contributed by atoms with E-state index in [0.717, 1.165) is 25.7 Å². The number of methoxy groups -OCH3 is 1. The second-order valence-electron chi connectivity index (χ2n) is 5.18. The fraction of sp³-hybridized carbons (Fsp3) is 0.571. The largest absolute Gasteiger partial charge is 0.465 e. The molecular weight excluding hydrogens is 244 g/mol. The van der Waals surface area contributed by atoms with Crippen molar-refractivity contribution < 1.29 is 14.6 Å². The van der Waals surface area contributed by atoms with Gasteiger partial charge in [-0.25, -0.2) is 9.78 Å². The van der Waals surface area contributed by atoms with Gasteiger partial charge in [-0.1, -0.05) is 12.8 Å². The number of ether oxygens (including phenoxy) is 1. The Morgan fingerprint density at radius 2 is 2.21 bits per heavy atom. The molecule has 0 amide bonds. The fourth-order valence-corrected chi connectivity index (χ4v) is 2.59.